The van der Waals surface area contributed by atoms with E-state index in [0.717, 1.165) is 28.0 Å². The monoisotopic (exact) mass is 434 g/mol. The fraction of sp³-hybridized carbons (Fsp3) is 0.292. The molecule has 0 aliphatic carbocycles. The van der Waals surface area contributed by atoms with Crippen LogP contribution in [0.1, 0.15) is 36.9 Å². The van der Waals surface area contributed by atoms with Crippen molar-refractivity contribution in [2.24, 2.45) is 0 Å². The summed E-state index contributed by atoms with van der Waals surface area (Å²) in [5.41, 5.74) is 4.29. The van der Waals surface area contributed by atoms with E-state index in [9.17, 15) is 4.79 Å². The van der Waals surface area contributed by atoms with E-state index in [1.165, 1.54) is 0 Å². The number of hydrogen-bond donors (Lipinski definition) is 1. The summed E-state index contributed by atoms with van der Waals surface area (Å²) in [7, 11) is 3.16. The molecule has 0 bridgehead atoms. The van der Waals surface area contributed by atoms with E-state index in [1.54, 1.807) is 19.1 Å². The van der Waals surface area contributed by atoms with Crippen LogP contribution in [0.5, 0.6) is 11.5 Å². The van der Waals surface area contributed by atoms with Crippen LogP contribution in [0, 0.1) is 6.92 Å². The standard InChI is InChI=1S/C24H26N4O4/c1-6-28-15(3)20(23-26-22(27-32-23)17-9-7-8-14(2)12-17)21(25-24(28)29)16-10-11-18(30-4)19(13-16)31-5/h7-13,21H,6H2,1-5H3,(H,25,29). The Bertz CT molecular complexity index is 1180. The summed E-state index contributed by atoms with van der Waals surface area (Å²) in [5.74, 6) is 2.03. The number of allylic oxidation sites excluding steroid dienone is 1. The Morgan fingerprint density at radius 3 is 2.56 bits per heavy atom. The van der Waals surface area contributed by atoms with Crippen molar-refractivity contribution in [1.29, 1.82) is 0 Å². The lowest BCUT2D eigenvalue weighted by Crippen LogP contribution is -2.45. The minimum Gasteiger partial charge on any atom is -0.493 e. The average Bonchev–Trinajstić information content (AvgIpc) is 3.28. The molecule has 1 aromatic heterocycles. The molecule has 1 aliphatic heterocycles. The Hall–Kier alpha value is -3.81. The van der Waals surface area contributed by atoms with Gasteiger partial charge in [0.15, 0.2) is 11.5 Å². The van der Waals surface area contributed by atoms with Crippen LogP contribution in [0.15, 0.2) is 52.7 Å². The molecule has 2 aromatic carbocycles. The number of nitrogens with zero attached hydrogens (tertiary/aromatic N) is 3. The number of aromatic nitrogens is 2. The van der Waals surface area contributed by atoms with Crippen molar-refractivity contribution in [3.05, 3.63) is 65.2 Å². The van der Waals surface area contributed by atoms with Gasteiger partial charge in [0.05, 0.1) is 25.8 Å². The van der Waals surface area contributed by atoms with Crippen LogP contribution in [0.25, 0.3) is 17.0 Å². The quantitative estimate of drug-likeness (QED) is 0.611. The molecule has 4 rings (SSSR count). The van der Waals surface area contributed by atoms with Gasteiger partial charge in [0, 0.05) is 17.8 Å². The van der Waals surface area contributed by atoms with Crippen LogP contribution < -0.4 is 14.8 Å². The maximum absolute atomic E-state index is 12.8. The number of hydrogen-bond acceptors (Lipinski definition) is 6. The van der Waals surface area contributed by atoms with Gasteiger partial charge in [-0.05, 0) is 44.5 Å². The molecule has 0 radical (unpaired) electrons. The first-order chi connectivity index (χ1) is 15.5. The molecule has 2 amide bonds. The third-order valence-corrected chi connectivity index (χ3v) is 5.59. The van der Waals surface area contributed by atoms with Gasteiger partial charge in [-0.25, -0.2) is 4.79 Å². The van der Waals surface area contributed by atoms with Crippen molar-refractivity contribution >= 4 is 11.6 Å². The Kier molecular flexibility index (Phi) is 5.85. The molecule has 0 saturated heterocycles. The van der Waals surface area contributed by atoms with Gasteiger partial charge in [0.25, 0.3) is 5.89 Å². The van der Waals surface area contributed by atoms with Crippen LogP contribution in [-0.4, -0.2) is 41.8 Å². The summed E-state index contributed by atoms with van der Waals surface area (Å²) in [4.78, 5) is 19.1. The van der Waals surface area contributed by atoms with Gasteiger partial charge in [-0.15, -0.1) is 0 Å². The van der Waals surface area contributed by atoms with Crippen molar-refractivity contribution in [3.8, 4) is 22.9 Å². The molecule has 0 saturated carbocycles. The highest BCUT2D eigenvalue weighted by molar-refractivity contribution is 5.87. The molecule has 1 atom stereocenters. The maximum atomic E-state index is 12.8. The van der Waals surface area contributed by atoms with E-state index < -0.39 is 6.04 Å². The molecule has 166 valence electrons. The second-order valence-corrected chi connectivity index (χ2v) is 7.53. The van der Waals surface area contributed by atoms with Crippen molar-refractivity contribution in [1.82, 2.24) is 20.4 Å². The SMILES string of the molecule is CCN1C(=O)NC(c2ccc(OC)c(OC)c2)C(c2nc(-c3cccc(C)c3)no2)=C1C. The van der Waals surface area contributed by atoms with Gasteiger partial charge in [-0.2, -0.15) is 4.98 Å². The summed E-state index contributed by atoms with van der Waals surface area (Å²) in [6.07, 6.45) is 0. The maximum Gasteiger partial charge on any atom is 0.322 e. The topological polar surface area (TPSA) is 89.7 Å². The molecule has 1 N–H and O–H groups in total. The first-order valence-electron chi connectivity index (χ1n) is 10.4. The minimum absolute atomic E-state index is 0.188. The van der Waals surface area contributed by atoms with Gasteiger partial charge in [-0.1, -0.05) is 35.0 Å². The third kappa shape index (κ3) is 3.79. The smallest absolute Gasteiger partial charge is 0.322 e. The van der Waals surface area contributed by atoms with E-state index in [1.807, 2.05) is 63.2 Å². The highest BCUT2D eigenvalue weighted by Crippen LogP contribution is 2.39. The summed E-state index contributed by atoms with van der Waals surface area (Å²) in [6.45, 7) is 6.34. The number of rotatable bonds is 6. The van der Waals surface area contributed by atoms with E-state index in [-0.39, 0.29) is 6.03 Å². The predicted molar refractivity (Wildman–Crippen MR) is 120 cm³/mol. The van der Waals surface area contributed by atoms with E-state index in [2.05, 4.69) is 15.5 Å². The second-order valence-electron chi connectivity index (χ2n) is 7.53. The van der Waals surface area contributed by atoms with Crippen LogP contribution in [-0.2, 0) is 0 Å². The van der Waals surface area contributed by atoms with Crippen molar-refractivity contribution < 1.29 is 18.8 Å². The van der Waals surface area contributed by atoms with Crippen molar-refractivity contribution in [2.45, 2.75) is 26.8 Å². The highest BCUT2D eigenvalue weighted by atomic mass is 16.5. The van der Waals surface area contributed by atoms with Gasteiger partial charge in [0.2, 0.25) is 5.82 Å². The number of carbonyl (C=O) groups excluding carboxylic acids is 1. The molecule has 1 unspecified atom stereocenters. The molecule has 32 heavy (non-hydrogen) atoms. The zero-order valence-corrected chi connectivity index (χ0v) is 18.8. The molecule has 0 fully saturated rings. The van der Waals surface area contributed by atoms with Gasteiger partial charge < -0.3 is 19.3 Å². The number of carbonyl (C=O) groups is 1. The predicted octanol–water partition coefficient (Wildman–Crippen LogP) is 4.58. The Balaban J connectivity index is 1.83. The lowest BCUT2D eigenvalue weighted by Gasteiger charge is -2.34. The normalized spacial score (nSPS) is 16.2. The summed E-state index contributed by atoms with van der Waals surface area (Å²) >= 11 is 0. The zero-order valence-electron chi connectivity index (χ0n) is 18.8. The molecule has 8 heteroatoms. The third-order valence-electron chi connectivity index (χ3n) is 5.59. The molecular formula is C24H26N4O4. The average molecular weight is 434 g/mol. The van der Waals surface area contributed by atoms with Crippen molar-refractivity contribution in [3.63, 3.8) is 0 Å². The first kappa shape index (κ1) is 21.4. The molecule has 8 nitrogen and oxygen atoms in total. The highest BCUT2D eigenvalue weighted by Gasteiger charge is 2.35. The number of benzene rings is 2. The summed E-state index contributed by atoms with van der Waals surface area (Å²) < 4.78 is 16.5. The largest absolute Gasteiger partial charge is 0.493 e. The number of aryl methyl sites for hydroxylation is 1. The second kappa shape index (κ2) is 8.74. The van der Waals surface area contributed by atoms with Crippen LogP contribution in [0.4, 0.5) is 4.79 Å². The molecule has 2 heterocycles. The van der Waals surface area contributed by atoms with E-state index >= 15 is 0 Å². The van der Waals surface area contributed by atoms with Gasteiger partial charge >= 0.3 is 6.03 Å². The van der Waals surface area contributed by atoms with E-state index in [0.29, 0.717) is 29.8 Å². The summed E-state index contributed by atoms with van der Waals surface area (Å²) in [5, 5.41) is 7.26. The van der Waals surface area contributed by atoms with Gasteiger partial charge in [-0.3, -0.25) is 4.90 Å². The fourth-order valence-electron chi connectivity index (χ4n) is 3.96. The lowest BCUT2D eigenvalue weighted by molar-refractivity contribution is 0.207. The van der Waals surface area contributed by atoms with E-state index in [4.69, 9.17) is 14.0 Å². The van der Waals surface area contributed by atoms with Gasteiger partial charge in [0.1, 0.15) is 0 Å². The summed E-state index contributed by atoms with van der Waals surface area (Å²) in [6, 6.07) is 12.8. The number of urea groups is 1. The fourth-order valence-corrected chi connectivity index (χ4v) is 3.96. The number of methoxy groups -OCH3 is 2. The number of amides is 2. The van der Waals surface area contributed by atoms with Crippen LogP contribution in [0.2, 0.25) is 0 Å². The Morgan fingerprint density at radius 2 is 1.88 bits per heavy atom. The Labute approximate surface area is 186 Å². The molecule has 0 spiro atoms. The lowest BCUT2D eigenvalue weighted by atomic mass is 9.94. The Morgan fingerprint density at radius 1 is 1.09 bits per heavy atom. The first-order valence-corrected chi connectivity index (χ1v) is 10.4. The minimum atomic E-state index is -0.490. The number of nitrogens with one attached hydrogen (secondary N) is 1. The number of ether oxygens (including phenoxy) is 2. The molecule has 3 aromatic rings. The van der Waals surface area contributed by atoms with Crippen LogP contribution >= 0.6 is 0 Å². The zero-order chi connectivity index (χ0) is 22.8. The molecule has 1 aliphatic rings. The molecular weight excluding hydrogens is 408 g/mol. The van der Waals surface area contributed by atoms with Crippen molar-refractivity contribution in [2.75, 3.05) is 20.8 Å². The van der Waals surface area contributed by atoms with Crippen LogP contribution in [0.3, 0.4) is 0 Å².